The van der Waals surface area contributed by atoms with Crippen LogP contribution in [0.4, 0.5) is 0 Å². The van der Waals surface area contributed by atoms with Crippen molar-refractivity contribution in [3.63, 3.8) is 0 Å². The molecule has 1 fully saturated rings. The molecule has 2 heterocycles. The largest absolute Gasteiger partial charge is 0.497 e. The molecular formula is C32H40N2O10. The molecule has 1 aliphatic heterocycles. The highest BCUT2D eigenvalue weighted by Crippen LogP contribution is 2.28. The van der Waals surface area contributed by atoms with Crippen LogP contribution in [-0.2, 0) is 38.6 Å². The number of nitrogens with zero attached hydrogens (tertiary/aromatic N) is 2. The summed E-state index contributed by atoms with van der Waals surface area (Å²) in [5.41, 5.74) is 3.45. The minimum atomic E-state index is -2.74. The van der Waals surface area contributed by atoms with Crippen LogP contribution in [0.15, 0.2) is 53.1 Å². The van der Waals surface area contributed by atoms with Crippen molar-refractivity contribution in [1.29, 1.82) is 0 Å². The van der Waals surface area contributed by atoms with Crippen molar-refractivity contribution in [2.45, 2.75) is 64.8 Å². The van der Waals surface area contributed by atoms with Crippen LogP contribution in [0.25, 0.3) is 0 Å². The molecule has 0 saturated carbocycles. The zero-order valence-corrected chi connectivity index (χ0v) is 25.4. The van der Waals surface area contributed by atoms with Crippen molar-refractivity contribution in [1.82, 2.24) is 10.1 Å². The second kappa shape index (κ2) is 15.5. The van der Waals surface area contributed by atoms with E-state index in [1.165, 1.54) is 22.3 Å². The summed E-state index contributed by atoms with van der Waals surface area (Å²) in [5.74, 6) is -2.83. The molecule has 2 aromatic carbocycles. The van der Waals surface area contributed by atoms with Gasteiger partial charge in [0.25, 0.3) is 0 Å². The summed E-state index contributed by atoms with van der Waals surface area (Å²) in [5, 5.41) is 37.9. The predicted octanol–water partition coefficient (Wildman–Crippen LogP) is 3.62. The fourth-order valence-corrected chi connectivity index (χ4v) is 5.06. The highest BCUT2D eigenvalue weighted by molar-refractivity contribution is 5.88. The Hall–Kier alpha value is -4.26. The molecule has 0 bridgehead atoms. The van der Waals surface area contributed by atoms with Gasteiger partial charge in [0.05, 0.1) is 38.9 Å². The van der Waals surface area contributed by atoms with Crippen molar-refractivity contribution in [2.24, 2.45) is 5.92 Å². The molecule has 12 heteroatoms. The third-order valence-corrected chi connectivity index (χ3v) is 7.56. The number of carboxylic acids is 3. The van der Waals surface area contributed by atoms with E-state index in [-0.39, 0.29) is 0 Å². The first-order valence-electron chi connectivity index (χ1n) is 14.1. The first-order valence-corrected chi connectivity index (χ1v) is 14.1. The van der Waals surface area contributed by atoms with E-state index in [2.05, 4.69) is 54.2 Å². The van der Waals surface area contributed by atoms with Crippen LogP contribution in [0, 0.1) is 26.7 Å². The number of carboxylic acid groups (broad SMARTS) is 3. The molecule has 4 rings (SSSR count). The van der Waals surface area contributed by atoms with Crippen LogP contribution >= 0.6 is 0 Å². The van der Waals surface area contributed by atoms with Gasteiger partial charge in [-0.05, 0) is 55.2 Å². The molecule has 0 aliphatic carbocycles. The number of methoxy groups -OCH3 is 1. The van der Waals surface area contributed by atoms with Crippen LogP contribution in [0.2, 0.25) is 0 Å². The molecule has 1 aromatic heterocycles. The fourth-order valence-electron chi connectivity index (χ4n) is 5.06. The maximum absolute atomic E-state index is 10.3. The van der Waals surface area contributed by atoms with Crippen LogP contribution in [-0.4, -0.2) is 80.4 Å². The van der Waals surface area contributed by atoms with Crippen LogP contribution in [0.1, 0.15) is 46.5 Å². The van der Waals surface area contributed by atoms with E-state index in [0.717, 1.165) is 49.9 Å². The molecule has 3 aromatic rings. The number of ether oxygens (including phenoxy) is 2. The molecule has 4 N–H and O–H groups in total. The summed E-state index contributed by atoms with van der Waals surface area (Å²) >= 11 is 0. The lowest BCUT2D eigenvalue weighted by molar-refractivity contribution is -0.170. The number of aliphatic hydroxyl groups is 1. The minimum Gasteiger partial charge on any atom is -0.497 e. The van der Waals surface area contributed by atoms with E-state index < -0.39 is 36.4 Å². The maximum Gasteiger partial charge on any atom is 0.336 e. The summed E-state index contributed by atoms with van der Waals surface area (Å²) in [4.78, 5) is 33.0. The van der Waals surface area contributed by atoms with Crippen molar-refractivity contribution in [2.75, 3.05) is 20.3 Å². The van der Waals surface area contributed by atoms with Crippen LogP contribution < -0.4 is 4.74 Å². The van der Waals surface area contributed by atoms with Crippen molar-refractivity contribution >= 4 is 17.9 Å². The minimum absolute atomic E-state index is 0.314. The second-order valence-electron chi connectivity index (χ2n) is 11.2. The lowest BCUT2D eigenvalue weighted by atomic mass is 9.95. The zero-order valence-electron chi connectivity index (χ0n) is 25.4. The number of aliphatic carboxylic acids is 3. The molecule has 0 spiro atoms. The van der Waals surface area contributed by atoms with Gasteiger partial charge in [-0.1, -0.05) is 35.5 Å². The summed E-state index contributed by atoms with van der Waals surface area (Å²) in [7, 11) is 1.70. The van der Waals surface area contributed by atoms with Gasteiger partial charge in [-0.2, -0.15) is 0 Å². The molecular weight excluding hydrogens is 572 g/mol. The van der Waals surface area contributed by atoms with E-state index in [1.807, 2.05) is 25.1 Å². The van der Waals surface area contributed by atoms with Gasteiger partial charge >= 0.3 is 17.9 Å². The Labute approximate surface area is 255 Å². The average molecular weight is 613 g/mol. The summed E-state index contributed by atoms with van der Waals surface area (Å²) < 4.78 is 16.8. The Morgan fingerprint density at radius 2 is 1.52 bits per heavy atom. The third kappa shape index (κ3) is 9.90. The lowest BCUT2D eigenvalue weighted by Crippen LogP contribution is -2.42. The number of benzene rings is 2. The SMILES string of the molecule is COc1ccc(CN(Cc2ccc(C)c(C)c2)[C@@H]2COC[C@H]2Cc2cc(C)no2)cc1.O=C(O)CC(O)(CC(=O)O)C(=O)O. The molecule has 2 atom stereocenters. The molecule has 0 radical (unpaired) electrons. The summed E-state index contributed by atoms with van der Waals surface area (Å²) in [6, 6.07) is 17.5. The lowest BCUT2D eigenvalue weighted by Gasteiger charge is -2.32. The number of aromatic nitrogens is 1. The number of carbonyl (C=O) groups is 3. The summed E-state index contributed by atoms with van der Waals surface area (Å²) in [6.07, 6.45) is -1.44. The zero-order chi connectivity index (χ0) is 32.4. The second-order valence-corrected chi connectivity index (χ2v) is 11.2. The van der Waals surface area contributed by atoms with Crippen molar-refractivity contribution in [3.05, 3.63) is 82.2 Å². The Balaban J connectivity index is 0.000000345. The number of hydrogen-bond donors (Lipinski definition) is 4. The first-order chi connectivity index (χ1) is 20.8. The third-order valence-electron chi connectivity index (χ3n) is 7.56. The van der Waals surface area contributed by atoms with Gasteiger partial charge in [-0.3, -0.25) is 14.5 Å². The Bertz CT molecular complexity index is 1400. The predicted molar refractivity (Wildman–Crippen MR) is 158 cm³/mol. The number of rotatable bonds is 13. The highest BCUT2D eigenvalue weighted by Gasteiger charge is 2.41. The van der Waals surface area contributed by atoms with Crippen LogP contribution in [0.5, 0.6) is 5.75 Å². The van der Waals surface area contributed by atoms with Gasteiger partial charge in [-0.25, -0.2) is 4.79 Å². The van der Waals surface area contributed by atoms with E-state index in [1.54, 1.807) is 7.11 Å². The quantitative estimate of drug-likeness (QED) is 0.221. The molecule has 0 unspecified atom stereocenters. The van der Waals surface area contributed by atoms with Gasteiger partial charge in [0.1, 0.15) is 11.5 Å². The van der Waals surface area contributed by atoms with Gasteiger partial charge in [0.2, 0.25) is 0 Å². The van der Waals surface area contributed by atoms with E-state index >= 15 is 0 Å². The number of aryl methyl sites for hydroxylation is 3. The van der Waals surface area contributed by atoms with Gasteiger partial charge in [0, 0.05) is 37.5 Å². The van der Waals surface area contributed by atoms with Crippen molar-refractivity contribution in [3.8, 4) is 5.75 Å². The average Bonchev–Trinajstić information content (AvgIpc) is 3.58. The molecule has 44 heavy (non-hydrogen) atoms. The van der Waals surface area contributed by atoms with E-state index in [4.69, 9.17) is 34.4 Å². The Kier molecular flexibility index (Phi) is 12.0. The molecule has 1 aliphatic rings. The Morgan fingerprint density at radius 1 is 0.909 bits per heavy atom. The molecule has 1 saturated heterocycles. The molecule has 0 amide bonds. The normalized spacial score (nSPS) is 16.3. The van der Waals surface area contributed by atoms with Crippen LogP contribution in [0.3, 0.4) is 0 Å². The fraction of sp³-hybridized carbons (Fsp3) is 0.438. The standard InChI is InChI=1S/C26H32N2O3.C6H8O7/c1-18-5-6-22(11-19(18)2)15-28(14-21-7-9-24(29-4)10-8-21)26-17-30-16-23(26)13-25-12-20(3)27-31-25;7-3(8)1-6(13,5(11)12)2-4(9)10/h5-12,23,26H,13-17H2,1-4H3;13H,1-2H2,(H,7,8)(H,9,10)(H,11,12)/t23-,26-;/m1./s1. The molecule has 12 nitrogen and oxygen atoms in total. The topological polar surface area (TPSA) is 180 Å². The summed E-state index contributed by atoms with van der Waals surface area (Å²) in [6.45, 7) is 9.53. The van der Waals surface area contributed by atoms with Crippen molar-refractivity contribution < 1.29 is 48.8 Å². The Morgan fingerprint density at radius 3 is 2.05 bits per heavy atom. The van der Waals surface area contributed by atoms with E-state index in [0.29, 0.717) is 12.0 Å². The smallest absolute Gasteiger partial charge is 0.336 e. The van der Waals surface area contributed by atoms with E-state index in [9.17, 15) is 14.4 Å². The molecule has 238 valence electrons. The number of hydrogen-bond acceptors (Lipinski definition) is 9. The van der Waals surface area contributed by atoms with Gasteiger partial charge < -0.3 is 34.4 Å². The van der Waals surface area contributed by atoms with Gasteiger partial charge in [-0.15, -0.1) is 0 Å². The highest BCUT2D eigenvalue weighted by atomic mass is 16.5. The van der Waals surface area contributed by atoms with Gasteiger partial charge in [0.15, 0.2) is 5.60 Å². The maximum atomic E-state index is 10.3. The monoisotopic (exact) mass is 612 g/mol. The first kappa shape index (κ1) is 34.2.